The lowest BCUT2D eigenvalue weighted by Gasteiger charge is -2.33. The molecule has 0 atom stereocenters. The SMILES string of the molecule is CC1CC(NC(=O)CNc2ccccc2)C1. The summed E-state index contributed by atoms with van der Waals surface area (Å²) in [5.41, 5.74) is 0.986. The van der Waals surface area contributed by atoms with Gasteiger partial charge in [-0.05, 0) is 30.9 Å². The van der Waals surface area contributed by atoms with Crippen LogP contribution in [-0.2, 0) is 4.79 Å². The standard InChI is InChI=1S/C13H18N2O/c1-10-7-12(8-10)15-13(16)9-14-11-5-3-2-4-6-11/h2-6,10,12,14H,7-9H2,1H3,(H,15,16). The van der Waals surface area contributed by atoms with E-state index in [1.165, 1.54) is 0 Å². The molecule has 0 aliphatic heterocycles. The first-order chi connectivity index (χ1) is 7.74. The zero-order valence-corrected chi connectivity index (χ0v) is 9.57. The van der Waals surface area contributed by atoms with Crippen LogP contribution in [0.2, 0.25) is 0 Å². The number of benzene rings is 1. The van der Waals surface area contributed by atoms with E-state index in [-0.39, 0.29) is 5.91 Å². The van der Waals surface area contributed by atoms with Crippen molar-refractivity contribution < 1.29 is 4.79 Å². The van der Waals surface area contributed by atoms with Gasteiger partial charge in [0.05, 0.1) is 6.54 Å². The Morgan fingerprint density at radius 1 is 1.31 bits per heavy atom. The number of rotatable bonds is 4. The second kappa shape index (κ2) is 5.01. The molecule has 1 aliphatic rings. The fraction of sp³-hybridized carbons (Fsp3) is 0.462. The minimum atomic E-state index is 0.0840. The molecular formula is C13H18N2O. The Kier molecular flexibility index (Phi) is 3.44. The van der Waals surface area contributed by atoms with Crippen molar-refractivity contribution in [2.45, 2.75) is 25.8 Å². The van der Waals surface area contributed by atoms with Crippen LogP contribution in [-0.4, -0.2) is 18.5 Å². The Bertz CT molecular complexity index is 344. The van der Waals surface area contributed by atoms with Crippen LogP contribution >= 0.6 is 0 Å². The minimum absolute atomic E-state index is 0.0840. The molecule has 0 heterocycles. The highest BCUT2D eigenvalue weighted by atomic mass is 16.2. The lowest BCUT2D eigenvalue weighted by atomic mass is 9.82. The Labute approximate surface area is 96.2 Å². The Morgan fingerprint density at radius 3 is 2.62 bits per heavy atom. The molecule has 0 bridgehead atoms. The first-order valence-electron chi connectivity index (χ1n) is 5.82. The highest BCUT2D eigenvalue weighted by molar-refractivity contribution is 5.81. The maximum atomic E-state index is 11.6. The molecule has 1 fully saturated rings. The van der Waals surface area contributed by atoms with E-state index >= 15 is 0 Å². The van der Waals surface area contributed by atoms with Gasteiger partial charge in [0, 0.05) is 11.7 Å². The smallest absolute Gasteiger partial charge is 0.239 e. The van der Waals surface area contributed by atoms with Crippen LogP contribution in [0.3, 0.4) is 0 Å². The van der Waals surface area contributed by atoms with Crippen LogP contribution < -0.4 is 10.6 Å². The molecular weight excluding hydrogens is 200 g/mol. The van der Waals surface area contributed by atoms with Crippen molar-refractivity contribution in [2.24, 2.45) is 5.92 Å². The average Bonchev–Trinajstić information content (AvgIpc) is 2.26. The third-order valence-corrected chi connectivity index (χ3v) is 2.97. The van der Waals surface area contributed by atoms with Crippen molar-refractivity contribution in [1.82, 2.24) is 5.32 Å². The molecule has 3 heteroatoms. The van der Waals surface area contributed by atoms with E-state index < -0.39 is 0 Å². The molecule has 16 heavy (non-hydrogen) atoms. The monoisotopic (exact) mass is 218 g/mol. The lowest BCUT2D eigenvalue weighted by molar-refractivity contribution is -0.120. The molecule has 1 amide bonds. The van der Waals surface area contributed by atoms with Gasteiger partial charge in [0.1, 0.15) is 0 Å². The summed E-state index contributed by atoms with van der Waals surface area (Å²) in [6.45, 7) is 2.57. The molecule has 86 valence electrons. The fourth-order valence-electron chi connectivity index (χ4n) is 2.04. The fourth-order valence-corrected chi connectivity index (χ4v) is 2.04. The number of hydrogen-bond acceptors (Lipinski definition) is 2. The number of nitrogens with one attached hydrogen (secondary N) is 2. The van der Waals surface area contributed by atoms with E-state index in [0.717, 1.165) is 24.4 Å². The summed E-state index contributed by atoms with van der Waals surface area (Å²) in [5.74, 6) is 0.855. The molecule has 1 aromatic carbocycles. The second-order valence-electron chi connectivity index (χ2n) is 4.56. The van der Waals surface area contributed by atoms with E-state index in [1.807, 2.05) is 30.3 Å². The highest BCUT2D eigenvalue weighted by Crippen LogP contribution is 2.25. The molecule has 0 aromatic heterocycles. The van der Waals surface area contributed by atoms with E-state index in [2.05, 4.69) is 17.6 Å². The summed E-state index contributed by atoms with van der Waals surface area (Å²) in [5, 5.41) is 6.11. The summed E-state index contributed by atoms with van der Waals surface area (Å²) in [6, 6.07) is 10.2. The van der Waals surface area contributed by atoms with Gasteiger partial charge < -0.3 is 10.6 Å². The first-order valence-corrected chi connectivity index (χ1v) is 5.82. The molecule has 0 spiro atoms. The minimum Gasteiger partial charge on any atom is -0.376 e. The van der Waals surface area contributed by atoms with Crippen molar-refractivity contribution in [3.8, 4) is 0 Å². The summed E-state index contributed by atoms with van der Waals surface area (Å²) in [6.07, 6.45) is 2.24. The number of carbonyl (C=O) groups excluding carboxylic acids is 1. The van der Waals surface area contributed by atoms with Crippen LogP contribution in [0.15, 0.2) is 30.3 Å². The van der Waals surface area contributed by atoms with E-state index in [9.17, 15) is 4.79 Å². The maximum absolute atomic E-state index is 11.6. The Hall–Kier alpha value is -1.51. The predicted octanol–water partition coefficient (Wildman–Crippen LogP) is 2.01. The predicted molar refractivity (Wildman–Crippen MR) is 65.3 cm³/mol. The van der Waals surface area contributed by atoms with Gasteiger partial charge in [0.15, 0.2) is 0 Å². The quantitative estimate of drug-likeness (QED) is 0.811. The third kappa shape index (κ3) is 2.99. The maximum Gasteiger partial charge on any atom is 0.239 e. The van der Waals surface area contributed by atoms with Gasteiger partial charge in [0.2, 0.25) is 5.91 Å². The molecule has 0 radical (unpaired) electrons. The lowest BCUT2D eigenvalue weighted by Crippen LogP contribution is -2.45. The van der Waals surface area contributed by atoms with Gasteiger partial charge in [-0.2, -0.15) is 0 Å². The molecule has 2 rings (SSSR count). The topological polar surface area (TPSA) is 41.1 Å². The number of amides is 1. The Balaban J connectivity index is 1.68. The first kappa shape index (κ1) is 11.0. The van der Waals surface area contributed by atoms with E-state index in [4.69, 9.17) is 0 Å². The van der Waals surface area contributed by atoms with Gasteiger partial charge in [-0.25, -0.2) is 0 Å². The zero-order valence-electron chi connectivity index (χ0n) is 9.57. The molecule has 0 saturated heterocycles. The zero-order chi connectivity index (χ0) is 11.4. The largest absolute Gasteiger partial charge is 0.376 e. The van der Waals surface area contributed by atoms with Gasteiger partial charge in [-0.15, -0.1) is 0 Å². The normalized spacial score (nSPS) is 23.3. The third-order valence-electron chi connectivity index (χ3n) is 2.97. The van der Waals surface area contributed by atoms with Crippen LogP contribution in [0.4, 0.5) is 5.69 Å². The van der Waals surface area contributed by atoms with Crippen molar-refractivity contribution in [1.29, 1.82) is 0 Å². The number of carbonyl (C=O) groups is 1. The number of anilines is 1. The van der Waals surface area contributed by atoms with Crippen molar-refractivity contribution in [3.63, 3.8) is 0 Å². The van der Waals surface area contributed by atoms with Crippen LogP contribution in [0.5, 0.6) is 0 Å². The summed E-state index contributed by atoms with van der Waals surface area (Å²) in [7, 11) is 0. The summed E-state index contributed by atoms with van der Waals surface area (Å²) < 4.78 is 0. The molecule has 1 aromatic rings. The number of para-hydroxylation sites is 1. The summed E-state index contributed by atoms with van der Waals surface area (Å²) in [4.78, 5) is 11.6. The molecule has 2 N–H and O–H groups in total. The van der Waals surface area contributed by atoms with Crippen molar-refractivity contribution >= 4 is 11.6 Å². The molecule has 1 saturated carbocycles. The van der Waals surface area contributed by atoms with Gasteiger partial charge in [0.25, 0.3) is 0 Å². The van der Waals surface area contributed by atoms with Crippen molar-refractivity contribution in [2.75, 3.05) is 11.9 Å². The molecule has 0 unspecified atom stereocenters. The Morgan fingerprint density at radius 2 is 2.00 bits per heavy atom. The van der Waals surface area contributed by atoms with E-state index in [0.29, 0.717) is 12.6 Å². The molecule has 3 nitrogen and oxygen atoms in total. The summed E-state index contributed by atoms with van der Waals surface area (Å²) >= 11 is 0. The van der Waals surface area contributed by atoms with Crippen LogP contribution in [0.1, 0.15) is 19.8 Å². The highest BCUT2D eigenvalue weighted by Gasteiger charge is 2.26. The van der Waals surface area contributed by atoms with Crippen LogP contribution in [0.25, 0.3) is 0 Å². The van der Waals surface area contributed by atoms with Crippen molar-refractivity contribution in [3.05, 3.63) is 30.3 Å². The van der Waals surface area contributed by atoms with Gasteiger partial charge >= 0.3 is 0 Å². The van der Waals surface area contributed by atoms with Gasteiger partial charge in [-0.1, -0.05) is 25.1 Å². The van der Waals surface area contributed by atoms with Crippen LogP contribution in [0, 0.1) is 5.92 Å². The second-order valence-corrected chi connectivity index (χ2v) is 4.56. The number of hydrogen-bond donors (Lipinski definition) is 2. The average molecular weight is 218 g/mol. The molecule has 1 aliphatic carbocycles. The van der Waals surface area contributed by atoms with Gasteiger partial charge in [-0.3, -0.25) is 4.79 Å². The van der Waals surface area contributed by atoms with E-state index in [1.54, 1.807) is 0 Å².